The molecule has 1 atom stereocenters. The van der Waals surface area contributed by atoms with Crippen molar-refractivity contribution in [1.29, 1.82) is 0 Å². The van der Waals surface area contributed by atoms with E-state index in [1.165, 1.54) is 24.4 Å². The van der Waals surface area contributed by atoms with Gasteiger partial charge in [0.05, 0.1) is 0 Å². The van der Waals surface area contributed by atoms with Crippen LogP contribution in [-0.4, -0.2) is 15.4 Å². The van der Waals surface area contributed by atoms with Gasteiger partial charge in [0.1, 0.15) is 5.82 Å². The van der Waals surface area contributed by atoms with Gasteiger partial charge in [0.2, 0.25) is 5.13 Å². The quantitative estimate of drug-likeness (QED) is 0.792. The minimum atomic E-state index is 0.502. The van der Waals surface area contributed by atoms with Gasteiger partial charge in [-0.2, -0.15) is 4.37 Å². The number of nitrogens with zero attached hydrogens (tertiary/aromatic N) is 2. The van der Waals surface area contributed by atoms with Crippen LogP contribution in [0.25, 0.3) is 0 Å². The summed E-state index contributed by atoms with van der Waals surface area (Å²) in [6.45, 7) is 6.44. The van der Waals surface area contributed by atoms with Crippen LogP contribution in [0.3, 0.4) is 0 Å². The highest BCUT2D eigenvalue weighted by molar-refractivity contribution is 7.09. The molecule has 74 valence electrons. The van der Waals surface area contributed by atoms with Crippen LogP contribution in [0.4, 0.5) is 5.13 Å². The molecule has 4 heteroatoms. The van der Waals surface area contributed by atoms with Crippen molar-refractivity contribution in [1.82, 2.24) is 9.36 Å². The first-order valence-electron chi connectivity index (χ1n) is 4.85. The van der Waals surface area contributed by atoms with Crippen LogP contribution >= 0.6 is 11.5 Å². The zero-order valence-corrected chi connectivity index (χ0v) is 9.32. The topological polar surface area (TPSA) is 37.8 Å². The van der Waals surface area contributed by atoms with Crippen molar-refractivity contribution in [2.24, 2.45) is 0 Å². The van der Waals surface area contributed by atoms with Crippen LogP contribution < -0.4 is 5.32 Å². The number of aryl methyl sites for hydroxylation is 1. The average Bonchev–Trinajstić information content (AvgIpc) is 2.52. The van der Waals surface area contributed by atoms with Crippen LogP contribution in [0.5, 0.6) is 0 Å². The molecular formula is C9H17N3S. The van der Waals surface area contributed by atoms with E-state index in [2.05, 4.69) is 35.4 Å². The van der Waals surface area contributed by atoms with E-state index in [-0.39, 0.29) is 0 Å². The molecule has 1 aromatic heterocycles. The van der Waals surface area contributed by atoms with E-state index in [0.29, 0.717) is 6.04 Å². The largest absolute Gasteiger partial charge is 0.358 e. The van der Waals surface area contributed by atoms with E-state index in [1.807, 2.05) is 0 Å². The van der Waals surface area contributed by atoms with E-state index in [1.54, 1.807) is 0 Å². The lowest BCUT2D eigenvalue weighted by Gasteiger charge is -2.09. The Kier molecular flexibility index (Phi) is 4.15. The number of hydrogen-bond donors (Lipinski definition) is 1. The summed E-state index contributed by atoms with van der Waals surface area (Å²) in [6.07, 6.45) is 3.30. The first-order valence-corrected chi connectivity index (χ1v) is 5.62. The van der Waals surface area contributed by atoms with Crippen LogP contribution in [0.15, 0.2) is 0 Å². The van der Waals surface area contributed by atoms with Crippen molar-refractivity contribution in [3.8, 4) is 0 Å². The van der Waals surface area contributed by atoms with Crippen molar-refractivity contribution in [3.63, 3.8) is 0 Å². The average molecular weight is 199 g/mol. The molecule has 0 amide bonds. The van der Waals surface area contributed by atoms with Crippen LogP contribution in [0.2, 0.25) is 0 Å². The van der Waals surface area contributed by atoms with Crippen molar-refractivity contribution >= 4 is 16.7 Å². The minimum absolute atomic E-state index is 0.502. The smallest absolute Gasteiger partial charge is 0.202 e. The maximum absolute atomic E-state index is 4.35. The number of hydrogen-bond acceptors (Lipinski definition) is 4. The number of nitrogens with one attached hydrogen (secondary N) is 1. The fourth-order valence-electron chi connectivity index (χ4n) is 1.17. The van der Waals surface area contributed by atoms with E-state index < -0.39 is 0 Å². The second kappa shape index (κ2) is 5.17. The van der Waals surface area contributed by atoms with Crippen LogP contribution in [-0.2, 0) is 6.42 Å². The molecule has 0 fully saturated rings. The standard InChI is InChI=1S/C9H17N3S/c1-4-6-7(3)10-9-11-8(5-2)12-13-9/h7H,4-6H2,1-3H3,(H,10,11,12). The fraction of sp³-hybridized carbons (Fsp3) is 0.778. The van der Waals surface area contributed by atoms with Gasteiger partial charge in [-0.15, -0.1) is 0 Å². The van der Waals surface area contributed by atoms with Crippen LogP contribution in [0.1, 0.15) is 39.4 Å². The van der Waals surface area contributed by atoms with Gasteiger partial charge in [0.25, 0.3) is 0 Å². The lowest BCUT2D eigenvalue weighted by molar-refractivity contribution is 0.689. The summed E-state index contributed by atoms with van der Waals surface area (Å²) in [5.41, 5.74) is 0. The maximum atomic E-state index is 4.35. The Morgan fingerprint density at radius 3 is 2.77 bits per heavy atom. The molecule has 1 aromatic rings. The predicted molar refractivity (Wildman–Crippen MR) is 57.3 cm³/mol. The third-order valence-electron chi connectivity index (χ3n) is 1.88. The molecule has 0 aliphatic heterocycles. The fourth-order valence-corrected chi connectivity index (χ4v) is 1.93. The Bertz CT molecular complexity index is 247. The molecule has 0 spiro atoms. The number of aromatic nitrogens is 2. The van der Waals surface area contributed by atoms with Crippen molar-refractivity contribution < 1.29 is 0 Å². The monoisotopic (exact) mass is 199 g/mol. The molecule has 1 N–H and O–H groups in total. The molecule has 0 radical (unpaired) electrons. The molecule has 1 rings (SSSR count). The zero-order chi connectivity index (χ0) is 9.68. The molecule has 0 saturated heterocycles. The molecule has 1 heterocycles. The molecule has 0 bridgehead atoms. The molecule has 13 heavy (non-hydrogen) atoms. The number of rotatable bonds is 5. The second-order valence-corrected chi connectivity index (χ2v) is 3.96. The summed E-state index contributed by atoms with van der Waals surface area (Å²) < 4.78 is 4.22. The first-order chi connectivity index (χ1) is 6.26. The van der Waals surface area contributed by atoms with Gasteiger partial charge in [-0.05, 0) is 13.3 Å². The summed E-state index contributed by atoms with van der Waals surface area (Å²) in [7, 11) is 0. The van der Waals surface area contributed by atoms with Crippen molar-refractivity contribution in [2.45, 2.75) is 46.1 Å². The normalized spacial score (nSPS) is 12.8. The summed E-state index contributed by atoms with van der Waals surface area (Å²) in [5, 5.41) is 4.30. The third kappa shape index (κ3) is 3.30. The van der Waals surface area contributed by atoms with Crippen LogP contribution in [0, 0.1) is 0 Å². The highest BCUT2D eigenvalue weighted by atomic mass is 32.1. The molecule has 3 nitrogen and oxygen atoms in total. The Labute approximate surface area is 83.8 Å². The van der Waals surface area contributed by atoms with Gasteiger partial charge < -0.3 is 5.32 Å². The minimum Gasteiger partial charge on any atom is -0.358 e. The Balaban J connectivity index is 2.44. The van der Waals surface area contributed by atoms with E-state index in [4.69, 9.17) is 0 Å². The van der Waals surface area contributed by atoms with Gasteiger partial charge in [-0.1, -0.05) is 20.3 Å². The predicted octanol–water partition coefficient (Wildman–Crippen LogP) is 2.70. The summed E-state index contributed by atoms with van der Waals surface area (Å²) in [4.78, 5) is 4.35. The summed E-state index contributed by atoms with van der Waals surface area (Å²) in [5.74, 6) is 0.941. The van der Waals surface area contributed by atoms with E-state index in [9.17, 15) is 0 Å². The Morgan fingerprint density at radius 2 is 2.23 bits per heavy atom. The lowest BCUT2D eigenvalue weighted by atomic mass is 10.2. The van der Waals surface area contributed by atoms with Gasteiger partial charge in [0, 0.05) is 24.0 Å². The van der Waals surface area contributed by atoms with Gasteiger partial charge in [0.15, 0.2) is 0 Å². The van der Waals surface area contributed by atoms with Gasteiger partial charge >= 0.3 is 0 Å². The zero-order valence-electron chi connectivity index (χ0n) is 8.50. The summed E-state index contributed by atoms with van der Waals surface area (Å²) in [6, 6.07) is 0.502. The molecule has 0 aromatic carbocycles. The first kappa shape index (κ1) is 10.4. The van der Waals surface area contributed by atoms with Crippen molar-refractivity contribution in [3.05, 3.63) is 5.82 Å². The maximum Gasteiger partial charge on any atom is 0.202 e. The molecule has 1 unspecified atom stereocenters. The van der Waals surface area contributed by atoms with E-state index in [0.717, 1.165) is 17.4 Å². The van der Waals surface area contributed by atoms with Gasteiger partial charge in [-0.25, -0.2) is 4.98 Å². The Morgan fingerprint density at radius 1 is 1.46 bits per heavy atom. The highest BCUT2D eigenvalue weighted by Gasteiger charge is 2.04. The summed E-state index contributed by atoms with van der Waals surface area (Å²) >= 11 is 1.46. The third-order valence-corrected chi connectivity index (χ3v) is 2.56. The molecule has 0 saturated carbocycles. The van der Waals surface area contributed by atoms with Gasteiger partial charge in [-0.3, -0.25) is 0 Å². The highest BCUT2D eigenvalue weighted by Crippen LogP contribution is 2.13. The van der Waals surface area contributed by atoms with Crippen molar-refractivity contribution in [2.75, 3.05) is 5.32 Å². The Hall–Kier alpha value is -0.640. The number of anilines is 1. The lowest BCUT2D eigenvalue weighted by Crippen LogP contribution is -2.14. The molecule has 0 aliphatic carbocycles. The molecular weight excluding hydrogens is 182 g/mol. The second-order valence-electron chi connectivity index (χ2n) is 3.20. The molecule has 0 aliphatic rings. The SMILES string of the molecule is CCCC(C)Nc1nc(CC)ns1. The van der Waals surface area contributed by atoms with E-state index >= 15 is 0 Å².